The molecule has 19 heavy (non-hydrogen) atoms. The summed E-state index contributed by atoms with van der Waals surface area (Å²) < 4.78 is 10.9. The lowest BCUT2D eigenvalue weighted by atomic mass is 9.97. The Kier molecular flexibility index (Phi) is 6.81. The molecule has 0 saturated heterocycles. The molecule has 0 aliphatic rings. The van der Waals surface area contributed by atoms with E-state index in [1.54, 1.807) is 13.3 Å². The molecule has 0 radical (unpaired) electrons. The van der Waals surface area contributed by atoms with Gasteiger partial charge < -0.3 is 14.8 Å². The van der Waals surface area contributed by atoms with Crippen LogP contribution in [0, 0.1) is 5.92 Å². The van der Waals surface area contributed by atoms with Crippen molar-refractivity contribution in [3.63, 3.8) is 0 Å². The highest BCUT2D eigenvalue weighted by molar-refractivity contribution is 5.26. The molecule has 0 aliphatic heterocycles. The van der Waals surface area contributed by atoms with Crippen LogP contribution in [0.3, 0.4) is 0 Å². The van der Waals surface area contributed by atoms with Gasteiger partial charge in [0, 0.05) is 26.0 Å². The second-order valence-corrected chi connectivity index (χ2v) is 5.26. The van der Waals surface area contributed by atoms with E-state index in [0.29, 0.717) is 5.92 Å². The Balaban J connectivity index is 2.74. The summed E-state index contributed by atoms with van der Waals surface area (Å²) in [6.07, 6.45) is 4.83. The molecular formula is C15H26N2O2. The molecule has 1 N–H and O–H groups in total. The van der Waals surface area contributed by atoms with Crippen LogP contribution in [0.15, 0.2) is 18.5 Å². The van der Waals surface area contributed by atoms with Crippen molar-refractivity contribution < 1.29 is 9.47 Å². The van der Waals surface area contributed by atoms with Gasteiger partial charge in [0.25, 0.3) is 0 Å². The number of nitrogens with zero attached hydrogens (tertiary/aromatic N) is 1. The van der Waals surface area contributed by atoms with E-state index in [9.17, 15) is 0 Å². The molecule has 0 aromatic carbocycles. The first-order valence-corrected chi connectivity index (χ1v) is 6.84. The molecule has 0 spiro atoms. The first-order valence-electron chi connectivity index (χ1n) is 6.84. The molecule has 2 atom stereocenters. The van der Waals surface area contributed by atoms with Gasteiger partial charge in [-0.25, -0.2) is 0 Å². The monoisotopic (exact) mass is 266 g/mol. The van der Waals surface area contributed by atoms with Gasteiger partial charge in [0.05, 0.1) is 12.3 Å². The van der Waals surface area contributed by atoms with Crippen LogP contribution in [0.4, 0.5) is 0 Å². The Morgan fingerprint density at radius 3 is 2.58 bits per heavy atom. The number of ether oxygens (including phenoxy) is 2. The second kappa shape index (κ2) is 8.12. The van der Waals surface area contributed by atoms with Gasteiger partial charge in [-0.1, -0.05) is 6.92 Å². The van der Waals surface area contributed by atoms with Crippen molar-refractivity contribution in [3.8, 4) is 5.75 Å². The fourth-order valence-electron chi connectivity index (χ4n) is 2.14. The van der Waals surface area contributed by atoms with Crippen LogP contribution in [0.5, 0.6) is 5.75 Å². The third-order valence-corrected chi connectivity index (χ3v) is 2.95. The first-order chi connectivity index (χ1) is 9.06. The maximum absolute atomic E-state index is 5.69. The molecule has 1 rings (SSSR count). The number of methoxy groups -OCH3 is 1. The molecular weight excluding hydrogens is 240 g/mol. The van der Waals surface area contributed by atoms with Crippen LogP contribution in [0.1, 0.15) is 38.8 Å². The molecule has 0 saturated carbocycles. The number of hydrogen-bond donors (Lipinski definition) is 1. The Morgan fingerprint density at radius 1 is 1.26 bits per heavy atom. The quantitative estimate of drug-likeness (QED) is 0.785. The standard InChI is InChI=1S/C15H26N2O2/c1-11(2)19-14-7-13(8-17-9-14)15(16-4)6-12(3)10-18-5/h7-9,11-12,15-16H,6,10H2,1-5H3. The second-order valence-electron chi connectivity index (χ2n) is 5.26. The highest BCUT2D eigenvalue weighted by atomic mass is 16.5. The van der Waals surface area contributed by atoms with Crippen LogP contribution in [0.25, 0.3) is 0 Å². The minimum absolute atomic E-state index is 0.164. The summed E-state index contributed by atoms with van der Waals surface area (Å²) in [5, 5.41) is 3.34. The zero-order valence-electron chi connectivity index (χ0n) is 12.6. The maximum Gasteiger partial charge on any atom is 0.138 e. The van der Waals surface area contributed by atoms with Crippen LogP contribution in [-0.4, -0.2) is 31.9 Å². The third-order valence-electron chi connectivity index (χ3n) is 2.95. The van der Waals surface area contributed by atoms with Gasteiger partial charge in [-0.15, -0.1) is 0 Å². The first kappa shape index (κ1) is 15.9. The van der Waals surface area contributed by atoms with Crippen molar-refractivity contribution in [1.29, 1.82) is 0 Å². The summed E-state index contributed by atoms with van der Waals surface area (Å²) in [5.41, 5.74) is 1.16. The SMILES string of the molecule is CNC(CC(C)COC)c1cncc(OC(C)C)c1. The van der Waals surface area contributed by atoms with Crippen molar-refractivity contribution in [2.24, 2.45) is 5.92 Å². The summed E-state index contributed by atoms with van der Waals surface area (Å²) in [4.78, 5) is 4.26. The fourth-order valence-corrected chi connectivity index (χ4v) is 2.14. The van der Waals surface area contributed by atoms with Gasteiger partial charge in [-0.2, -0.15) is 0 Å². The Bertz CT molecular complexity index is 369. The highest BCUT2D eigenvalue weighted by Crippen LogP contribution is 2.24. The molecule has 1 aromatic rings. The van der Waals surface area contributed by atoms with E-state index in [4.69, 9.17) is 9.47 Å². The summed E-state index contributed by atoms with van der Waals surface area (Å²) in [7, 11) is 3.71. The minimum Gasteiger partial charge on any atom is -0.489 e. The van der Waals surface area contributed by atoms with Crippen molar-refractivity contribution >= 4 is 0 Å². The zero-order chi connectivity index (χ0) is 14.3. The lowest BCUT2D eigenvalue weighted by molar-refractivity contribution is 0.150. The van der Waals surface area contributed by atoms with Crippen LogP contribution in [0.2, 0.25) is 0 Å². The van der Waals surface area contributed by atoms with E-state index in [1.807, 2.05) is 27.1 Å². The van der Waals surface area contributed by atoms with E-state index < -0.39 is 0 Å². The molecule has 4 nitrogen and oxygen atoms in total. The molecule has 1 heterocycles. The van der Waals surface area contributed by atoms with Crippen LogP contribution < -0.4 is 10.1 Å². The maximum atomic E-state index is 5.69. The highest BCUT2D eigenvalue weighted by Gasteiger charge is 2.15. The van der Waals surface area contributed by atoms with Crippen molar-refractivity contribution in [2.75, 3.05) is 20.8 Å². The normalized spacial score (nSPS) is 14.4. The predicted molar refractivity (Wildman–Crippen MR) is 77.5 cm³/mol. The molecule has 1 aromatic heterocycles. The number of rotatable bonds is 8. The molecule has 0 fully saturated rings. The van der Waals surface area contributed by atoms with E-state index >= 15 is 0 Å². The molecule has 2 unspecified atom stereocenters. The molecule has 0 amide bonds. The van der Waals surface area contributed by atoms with Crippen LogP contribution >= 0.6 is 0 Å². The van der Waals surface area contributed by atoms with Crippen molar-refractivity contribution in [3.05, 3.63) is 24.0 Å². The van der Waals surface area contributed by atoms with E-state index in [2.05, 4.69) is 23.3 Å². The van der Waals surface area contributed by atoms with Gasteiger partial charge in [0.15, 0.2) is 0 Å². The zero-order valence-corrected chi connectivity index (χ0v) is 12.6. The summed E-state index contributed by atoms with van der Waals surface area (Å²) in [6, 6.07) is 2.33. The Morgan fingerprint density at radius 2 is 2.00 bits per heavy atom. The lowest BCUT2D eigenvalue weighted by Crippen LogP contribution is -2.21. The Hall–Kier alpha value is -1.13. The van der Waals surface area contributed by atoms with Crippen LogP contribution in [-0.2, 0) is 4.74 Å². The predicted octanol–water partition coefficient (Wildman–Crippen LogP) is 2.80. The average molecular weight is 266 g/mol. The summed E-state index contributed by atoms with van der Waals surface area (Å²) in [6.45, 7) is 7.00. The van der Waals surface area contributed by atoms with Gasteiger partial charge in [-0.3, -0.25) is 4.98 Å². The van der Waals surface area contributed by atoms with Crippen molar-refractivity contribution in [1.82, 2.24) is 10.3 Å². The van der Waals surface area contributed by atoms with E-state index in [-0.39, 0.29) is 12.1 Å². The summed E-state index contributed by atoms with van der Waals surface area (Å²) in [5.74, 6) is 1.32. The molecule has 108 valence electrons. The number of nitrogens with one attached hydrogen (secondary N) is 1. The average Bonchev–Trinajstić information content (AvgIpc) is 2.35. The summed E-state index contributed by atoms with van der Waals surface area (Å²) >= 11 is 0. The fraction of sp³-hybridized carbons (Fsp3) is 0.667. The molecule has 4 heteroatoms. The number of hydrogen-bond acceptors (Lipinski definition) is 4. The topological polar surface area (TPSA) is 43.4 Å². The molecule has 0 bridgehead atoms. The lowest BCUT2D eigenvalue weighted by Gasteiger charge is -2.21. The third kappa shape index (κ3) is 5.57. The van der Waals surface area contributed by atoms with Gasteiger partial charge in [-0.05, 0) is 44.9 Å². The number of aromatic nitrogens is 1. The van der Waals surface area contributed by atoms with Crippen molar-refractivity contribution in [2.45, 2.75) is 39.3 Å². The van der Waals surface area contributed by atoms with E-state index in [0.717, 1.165) is 24.3 Å². The van der Waals surface area contributed by atoms with Gasteiger partial charge >= 0.3 is 0 Å². The minimum atomic E-state index is 0.164. The smallest absolute Gasteiger partial charge is 0.138 e. The van der Waals surface area contributed by atoms with Gasteiger partial charge in [0.1, 0.15) is 5.75 Å². The van der Waals surface area contributed by atoms with Gasteiger partial charge in [0.2, 0.25) is 0 Å². The van der Waals surface area contributed by atoms with E-state index in [1.165, 1.54) is 0 Å². The Labute approximate surface area is 116 Å². The number of pyridine rings is 1. The largest absolute Gasteiger partial charge is 0.489 e. The molecule has 0 aliphatic carbocycles.